The van der Waals surface area contributed by atoms with Crippen molar-refractivity contribution in [1.82, 2.24) is 9.97 Å². The Bertz CT molecular complexity index is 510. The molecule has 1 N–H and O–H groups in total. The minimum Gasteiger partial charge on any atom is -0.467 e. The fraction of sp³-hybridized carbons (Fsp3) is 0.500. The van der Waals surface area contributed by atoms with Gasteiger partial charge in [-0.1, -0.05) is 0 Å². The lowest BCUT2D eigenvalue weighted by Crippen LogP contribution is -2.27. The highest BCUT2D eigenvalue weighted by atomic mass is 16.6. The van der Waals surface area contributed by atoms with E-state index in [1.165, 1.54) is 20.3 Å². The summed E-state index contributed by atoms with van der Waals surface area (Å²) in [6.45, 7) is 5.19. The first-order valence-corrected chi connectivity index (χ1v) is 5.76. The predicted octanol–water partition coefficient (Wildman–Crippen LogP) is 1.62. The summed E-state index contributed by atoms with van der Waals surface area (Å²) in [7, 11) is 2.56. The van der Waals surface area contributed by atoms with Gasteiger partial charge in [-0.2, -0.15) is 9.97 Å². The highest BCUT2D eigenvalue weighted by molar-refractivity contribution is 5.90. The fourth-order valence-electron chi connectivity index (χ4n) is 1.20. The average Bonchev–Trinajstić information content (AvgIpc) is 2.34. The molecule has 0 radical (unpaired) electrons. The van der Waals surface area contributed by atoms with Crippen molar-refractivity contribution < 1.29 is 23.8 Å². The molecule has 0 atom stereocenters. The molecule has 8 heteroatoms. The Hall–Kier alpha value is -2.38. The molecule has 0 saturated heterocycles. The Balaban J connectivity index is 2.94. The van der Waals surface area contributed by atoms with Gasteiger partial charge < -0.3 is 14.2 Å². The molecule has 0 aliphatic heterocycles. The predicted molar refractivity (Wildman–Crippen MR) is 69.8 cm³/mol. The first-order chi connectivity index (χ1) is 9.25. The van der Waals surface area contributed by atoms with Crippen LogP contribution < -0.4 is 10.1 Å². The van der Waals surface area contributed by atoms with Crippen molar-refractivity contribution in [3.8, 4) is 6.01 Å². The quantitative estimate of drug-likeness (QED) is 0.841. The summed E-state index contributed by atoms with van der Waals surface area (Å²) < 4.78 is 14.5. The molecule has 0 fully saturated rings. The number of nitrogens with zero attached hydrogens (tertiary/aromatic N) is 2. The number of carbonyl (C=O) groups excluding carboxylic acids is 2. The van der Waals surface area contributed by atoms with Crippen LogP contribution >= 0.6 is 0 Å². The van der Waals surface area contributed by atoms with Crippen LogP contribution in [0.25, 0.3) is 0 Å². The van der Waals surface area contributed by atoms with Gasteiger partial charge in [-0.15, -0.1) is 0 Å². The van der Waals surface area contributed by atoms with E-state index in [9.17, 15) is 9.59 Å². The van der Waals surface area contributed by atoms with E-state index in [1.54, 1.807) is 20.8 Å². The normalized spacial score (nSPS) is 10.7. The first-order valence-electron chi connectivity index (χ1n) is 5.76. The molecule has 1 aromatic heterocycles. The molecule has 1 heterocycles. The second-order valence-electron chi connectivity index (χ2n) is 4.74. The van der Waals surface area contributed by atoms with Crippen molar-refractivity contribution in [3.05, 3.63) is 11.8 Å². The Kier molecular flexibility index (Phi) is 4.84. The van der Waals surface area contributed by atoms with Gasteiger partial charge in [0.1, 0.15) is 11.4 Å². The molecule has 0 aromatic carbocycles. The summed E-state index contributed by atoms with van der Waals surface area (Å²) in [6.07, 6.45) is -0.700. The largest absolute Gasteiger partial charge is 0.467 e. The van der Waals surface area contributed by atoms with Crippen molar-refractivity contribution in [2.24, 2.45) is 0 Å². The Morgan fingerprint density at radius 2 is 1.85 bits per heavy atom. The van der Waals surface area contributed by atoms with E-state index >= 15 is 0 Å². The smallest absolute Gasteiger partial charge is 0.413 e. The molecular formula is C12H17N3O5. The number of carbonyl (C=O) groups is 2. The van der Waals surface area contributed by atoms with Gasteiger partial charge in [0.05, 0.1) is 14.2 Å². The van der Waals surface area contributed by atoms with Crippen LogP contribution in [-0.2, 0) is 9.47 Å². The van der Waals surface area contributed by atoms with Crippen LogP contribution in [-0.4, -0.2) is 41.9 Å². The molecule has 8 nitrogen and oxygen atoms in total. The summed E-state index contributed by atoms with van der Waals surface area (Å²) in [6, 6.07) is 1.19. The lowest BCUT2D eigenvalue weighted by Gasteiger charge is -2.19. The molecule has 1 rings (SSSR count). The van der Waals surface area contributed by atoms with Gasteiger partial charge in [0.2, 0.25) is 0 Å². The third-order valence-electron chi connectivity index (χ3n) is 1.91. The van der Waals surface area contributed by atoms with Crippen molar-refractivity contribution in [2.75, 3.05) is 19.5 Å². The zero-order chi connectivity index (χ0) is 15.3. The number of hydrogen-bond acceptors (Lipinski definition) is 7. The van der Waals surface area contributed by atoms with E-state index in [1.807, 2.05) is 0 Å². The zero-order valence-corrected chi connectivity index (χ0v) is 12.0. The maximum atomic E-state index is 11.6. The lowest BCUT2D eigenvalue weighted by molar-refractivity contribution is 0.0588. The highest BCUT2D eigenvalue weighted by Crippen LogP contribution is 2.14. The Morgan fingerprint density at radius 3 is 2.35 bits per heavy atom. The van der Waals surface area contributed by atoms with Crippen LogP contribution in [0.3, 0.4) is 0 Å². The molecule has 0 aliphatic rings. The molecule has 110 valence electrons. The van der Waals surface area contributed by atoms with E-state index in [2.05, 4.69) is 20.0 Å². The number of esters is 1. The topological polar surface area (TPSA) is 99.6 Å². The number of aromatic nitrogens is 2. The number of ether oxygens (including phenoxy) is 3. The molecular weight excluding hydrogens is 266 g/mol. The fourth-order valence-corrected chi connectivity index (χ4v) is 1.20. The molecule has 0 spiro atoms. The molecule has 1 aromatic rings. The maximum absolute atomic E-state index is 11.6. The van der Waals surface area contributed by atoms with Crippen LogP contribution in [0.15, 0.2) is 6.07 Å². The van der Waals surface area contributed by atoms with Crippen molar-refractivity contribution in [3.63, 3.8) is 0 Å². The summed E-state index contributed by atoms with van der Waals surface area (Å²) in [5, 5.41) is 2.39. The van der Waals surface area contributed by atoms with Gasteiger partial charge in [0, 0.05) is 6.07 Å². The van der Waals surface area contributed by atoms with Gasteiger partial charge in [-0.05, 0) is 20.8 Å². The second kappa shape index (κ2) is 6.18. The van der Waals surface area contributed by atoms with Crippen molar-refractivity contribution >= 4 is 17.9 Å². The molecule has 0 unspecified atom stereocenters. The molecule has 20 heavy (non-hydrogen) atoms. The van der Waals surface area contributed by atoms with Gasteiger partial charge in [-0.3, -0.25) is 5.32 Å². The molecule has 0 aliphatic carbocycles. The van der Waals surface area contributed by atoms with Crippen molar-refractivity contribution in [2.45, 2.75) is 26.4 Å². The summed E-state index contributed by atoms with van der Waals surface area (Å²) in [4.78, 5) is 30.8. The molecule has 1 amide bonds. The van der Waals surface area contributed by atoms with Gasteiger partial charge in [0.15, 0.2) is 5.69 Å². The number of hydrogen-bond donors (Lipinski definition) is 1. The standard InChI is InChI=1S/C12H17N3O5/c1-12(2,3)20-11(17)15-8-6-7(9(16)18-4)13-10(14-8)19-5/h6H,1-5H3,(H,13,14,15,17). The lowest BCUT2D eigenvalue weighted by atomic mass is 10.2. The van der Waals surface area contributed by atoms with E-state index in [4.69, 9.17) is 9.47 Å². The third kappa shape index (κ3) is 4.71. The highest BCUT2D eigenvalue weighted by Gasteiger charge is 2.18. The Labute approximate surface area is 116 Å². The van der Waals surface area contributed by atoms with Crippen molar-refractivity contribution in [1.29, 1.82) is 0 Å². The van der Waals surface area contributed by atoms with Gasteiger partial charge in [-0.25, -0.2) is 9.59 Å². The number of rotatable bonds is 3. The summed E-state index contributed by atoms with van der Waals surface area (Å²) in [5.74, 6) is -0.593. The van der Waals surface area contributed by atoms with Crippen LogP contribution in [0, 0.1) is 0 Å². The van der Waals surface area contributed by atoms with E-state index < -0.39 is 17.7 Å². The van der Waals surface area contributed by atoms with E-state index in [-0.39, 0.29) is 17.5 Å². The van der Waals surface area contributed by atoms with Gasteiger partial charge >= 0.3 is 18.1 Å². The third-order valence-corrected chi connectivity index (χ3v) is 1.91. The second-order valence-corrected chi connectivity index (χ2v) is 4.74. The number of nitrogens with one attached hydrogen (secondary N) is 1. The van der Waals surface area contributed by atoms with Gasteiger partial charge in [0.25, 0.3) is 0 Å². The number of anilines is 1. The number of methoxy groups -OCH3 is 2. The van der Waals surface area contributed by atoms with Crippen LogP contribution in [0.1, 0.15) is 31.3 Å². The minimum absolute atomic E-state index is 0.0367. The first kappa shape index (κ1) is 15.7. The van der Waals surface area contributed by atoms with E-state index in [0.29, 0.717) is 0 Å². The molecule has 0 bridgehead atoms. The maximum Gasteiger partial charge on any atom is 0.413 e. The number of amides is 1. The SMILES string of the molecule is COC(=O)c1cc(NC(=O)OC(C)(C)C)nc(OC)n1. The van der Waals surface area contributed by atoms with E-state index in [0.717, 1.165) is 0 Å². The average molecular weight is 283 g/mol. The van der Waals surface area contributed by atoms with Crippen LogP contribution in [0.4, 0.5) is 10.6 Å². The molecule has 0 saturated carbocycles. The summed E-state index contributed by atoms with van der Waals surface area (Å²) >= 11 is 0. The van der Waals surface area contributed by atoms with Crippen LogP contribution in [0.5, 0.6) is 6.01 Å². The minimum atomic E-state index is -0.700. The summed E-state index contributed by atoms with van der Waals surface area (Å²) in [5.41, 5.74) is -0.683. The zero-order valence-electron chi connectivity index (χ0n) is 12.0. The Morgan fingerprint density at radius 1 is 1.20 bits per heavy atom. The monoisotopic (exact) mass is 283 g/mol. The van der Waals surface area contributed by atoms with Crippen LogP contribution in [0.2, 0.25) is 0 Å².